The Morgan fingerprint density at radius 3 is 2.64 bits per heavy atom. The normalized spacial score (nSPS) is 18.8. The second kappa shape index (κ2) is 7.87. The summed E-state index contributed by atoms with van der Waals surface area (Å²) < 4.78 is 27.6. The highest BCUT2D eigenvalue weighted by molar-refractivity contribution is 7.89. The van der Waals surface area contributed by atoms with Gasteiger partial charge in [-0.05, 0) is 55.4 Å². The van der Waals surface area contributed by atoms with Crippen LogP contribution in [0, 0.1) is 0 Å². The molecule has 0 N–H and O–H groups in total. The fraction of sp³-hybridized carbons (Fsp3) is 0.632. The van der Waals surface area contributed by atoms with E-state index in [1.165, 1.54) is 11.1 Å². The zero-order valence-corrected chi connectivity index (χ0v) is 15.9. The van der Waals surface area contributed by atoms with Gasteiger partial charge in [0.05, 0.1) is 4.90 Å². The predicted molar refractivity (Wildman–Crippen MR) is 97.9 cm³/mol. The van der Waals surface area contributed by atoms with Crippen molar-refractivity contribution in [3.05, 3.63) is 29.3 Å². The number of carbonyl (C=O) groups excluding carboxylic acids is 1. The molecular formula is C19H28N2O3S. The average Bonchev–Trinajstić information content (AvgIpc) is 2.93. The van der Waals surface area contributed by atoms with Gasteiger partial charge in [-0.2, -0.15) is 4.31 Å². The summed E-state index contributed by atoms with van der Waals surface area (Å²) in [5, 5.41) is 0. The number of fused-ring (bicyclic) bond motifs is 1. The molecule has 0 spiro atoms. The predicted octanol–water partition coefficient (Wildman–Crippen LogP) is 2.59. The molecule has 0 saturated carbocycles. The fourth-order valence-corrected chi connectivity index (χ4v) is 5.25. The summed E-state index contributed by atoms with van der Waals surface area (Å²) in [6.45, 7) is 4.08. The number of amides is 1. The SMILES string of the molecule is CCCCC(=O)N1CCCN(S(=O)(=O)c2ccc3c(c2)CCC3)CC1. The van der Waals surface area contributed by atoms with Crippen LogP contribution in [0.4, 0.5) is 0 Å². The summed E-state index contributed by atoms with van der Waals surface area (Å²) in [4.78, 5) is 14.5. The van der Waals surface area contributed by atoms with Crippen molar-refractivity contribution in [2.24, 2.45) is 0 Å². The van der Waals surface area contributed by atoms with Crippen LogP contribution in [0.3, 0.4) is 0 Å². The number of benzene rings is 1. The average molecular weight is 365 g/mol. The number of carbonyl (C=O) groups is 1. The second-order valence-electron chi connectivity index (χ2n) is 7.03. The van der Waals surface area contributed by atoms with Gasteiger partial charge in [-0.25, -0.2) is 8.42 Å². The van der Waals surface area contributed by atoms with Crippen molar-refractivity contribution >= 4 is 15.9 Å². The van der Waals surface area contributed by atoms with E-state index >= 15 is 0 Å². The number of nitrogens with zero attached hydrogens (tertiary/aromatic N) is 2. The molecule has 1 aliphatic carbocycles. The molecule has 0 aromatic heterocycles. The lowest BCUT2D eigenvalue weighted by atomic mass is 10.1. The van der Waals surface area contributed by atoms with Crippen molar-refractivity contribution in [2.45, 2.75) is 56.8 Å². The van der Waals surface area contributed by atoms with Crippen molar-refractivity contribution in [1.29, 1.82) is 0 Å². The third-order valence-corrected chi connectivity index (χ3v) is 7.15. The van der Waals surface area contributed by atoms with Gasteiger partial charge in [0, 0.05) is 32.6 Å². The van der Waals surface area contributed by atoms with Crippen molar-refractivity contribution in [2.75, 3.05) is 26.2 Å². The largest absolute Gasteiger partial charge is 0.341 e. The lowest BCUT2D eigenvalue weighted by Crippen LogP contribution is -2.37. The summed E-state index contributed by atoms with van der Waals surface area (Å²) in [6.07, 6.45) is 6.28. The Hall–Kier alpha value is -1.40. The molecule has 138 valence electrons. The minimum absolute atomic E-state index is 0.152. The third kappa shape index (κ3) is 4.06. The quantitative estimate of drug-likeness (QED) is 0.807. The highest BCUT2D eigenvalue weighted by atomic mass is 32.2. The molecule has 1 aromatic carbocycles. The fourth-order valence-electron chi connectivity index (χ4n) is 3.73. The second-order valence-corrected chi connectivity index (χ2v) is 8.96. The maximum absolute atomic E-state index is 13.0. The minimum atomic E-state index is -3.48. The van der Waals surface area contributed by atoms with Gasteiger partial charge in [-0.15, -0.1) is 0 Å². The van der Waals surface area contributed by atoms with Gasteiger partial charge in [0.25, 0.3) is 0 Å². The first-order valence-electron chi connectivity index (χ1n) is 9.42. The molecule has 1 saturated heterocycles. The van der Waals surface area contributed by atoms with Crippen molar-refractivity contribution in [1.82, 2.24) is 9.21 Å². The summed E-state index contributed by atoms with van der Waals surface area (Å²) in [5.74, 6) is 0.152. The lowest BCUT2D eigenvalue weighted by Gasteiger charge is -2.22. The van der Waals surface area contributed by atoms with E-state index in [4.69, 9.17) is 0 Å². The minimum Gasteiger partial charge on any atom is -0.341 e. The summed E-state index contributed by atoms with van der Waals surface area (Å²) >= 11 is 0. The first-order valence-corrected chi connectivity index (χ1v) is 10.9. The Bertz CT molecular complexity index is 730. The van der Waals surface area contributed by atoms with E-state index in [0.29, 0.717) is 43.9 Å². The Kier molecular flexibility index (Phi) is 5.79. The van der Waals surface area contributed by atoms with E-state index in [9.17, 15) is 13.2 Å². The van der Waals surface area contributed by atoms with Crippen molar-refractivity contribution in [3.8, 4) is 0 Å². The van der Waals surface area contributed by atoms with Crippen LogP contribution in [0.5, 0.6) is 0 Å². The molecule has 0 atom stereocenters. The molecule has 3 rings (SSSR count). The molecule has 0 radical (unpaired) electrons. The number of aryl methyl sites for hydroxylation is 2. The van der Waals surface area contributed by atoms with E-state index in [0.717, 1.165) is 32.1 Å². The zero-order valence-electron chi connectivity index (χ0n) is 15.0. The highest BCUT2D eigenvalue weighted by Gasteiger charge is 2.29. The topological polar surface area (TPSA) is 57.7 Å². The first kappa shape index (κ1) is 18.4. The standard InChI is InChI=1S/C19H28N2O3S/c1-2-3-8-19(22)20-11-5-12-21(14-13-20)25(23,24)18-10-9-16-6-4-7-17(16)15-18/h9-10,15H,2-8,11-14H2,1H3. The molecule has 0 unspecified atom stereocenters. The maximum atomic E-state index is 13.0. The summed E-state index contributed by atoms with van der Waals surface area (Å²) in [7, 11) is -3.48. The summed E-state index contributed by atoms with van der Waals surface area (Å²) in [5.41, 5.74) is 2.45. The third-order valence-electron chi connectivity index (χ3n) is 5.26. The molecule has 6 heteroatoms. The number of rotatable bonds is 5. The molecule has 1 fully saturated rings. The Balaban J connectivity index is 1.70. The van der Waals surface area contributed by atoms with Crippen LogP contribution < -0.4 is 0 Å². The van der Waals surface area contributed by atoms with Gasteiger partial charge >= 0.3 is 0 Å². The van der Waals surface area contributed by atoms with E-state index in [-0.39, 0.29) is 5.91 Å². The number of unbranched alkanes of at least 4 members (excludes halogenated alkanes) is 1. The Morgan fingerprint density at radius 2 is 1.84 bits per heavy atom. The highest BCUT2D eigenvalue weighted by Crippen LogP contribution is 2.26. The number of hydrogen-bond donors (Lipinski definition) is 0. The van der Waals surface area contributed by atoms with Crippen LogP contribution in [0.1, 0.15) is 50.2 Å². The Morgan fingerprint density at radius 1 is 1.04 bits per heavy atom. The van der Waals surface area contributed by atoms with Crippen LogP contribution in [-0.2, 0) is 27.7 Å². The molecule has 1 heterocycles. The van der Waals surface area contributed by atoms with Crippen molar-refractivity contribution in [3.63, 3.8) is 0 Å². The van der Waals surface area contributed by atoms with Crippen LogP contribution in [0.2, 0.25) is 0 Å². The monoisotopic (exact) mass is 364 g/mol. The van der Waals surface area contributed by atoms with Gasteiger partial charge in [0.15, 0.2) is 0 Å². The molecule has 1 aliphatic heterocycles. The van der Waals surface area contributed by atoms with Gasteiger partial charge in [0.2, 0.25) is 15.9 Å². The molecule has 1 aromatic rings. The van der Waals surface area contributed by atoms with E-state index in [1.54, 1.807) is 10.4 Å². The smallest absolute Gasteiger partial charge is 0.243 e. The molecule has 5 nitrogen and oxygen atoms in total. The van der Waals surface area contributed by atoms with Gasteiger partial charge in [0.1, 0.15) is 0 Å². The molecular weight excluding hydrogens is 336 g/mol. The number of hydrogen-bond acceptors (Lipinski definition) is 3. The van der Waals surface area contributed by atoms with Crippen LogP contribution in [0.15, 0.2) is 23.1 Å². The van der Waals surface area contributed by atoms with Crippen LogP contribution >= 0.6 is 0 Å². The molecule has 1 amide bonds. The van der Waals surface area contributed by atoms with E-state index < -0.39 is 10.0 Å². The maximum Gasteiger partial charge on any atom is 0.243 e. The molecule has 2 aliphatic rings. The van der Waals surface area contributed by atoms with Gasteiger partial charge < -0.3 is 4.90 Å². The van der Waals surface area contributed by atoms with Gasteiger partial charge in [-0.1, -0.05) is 19.4 Å². The van der Waals surface area contributed by atoms with Gasteiger partial charge in [-0.3, -0.25) is 4.79 Å². The van der Waals surface area contributed by atoms with E-state index in [2.05, 4.69) is 6.92 Å². The van der Waals surface area contributed by atoms with Crippen LogP contribution in [-0.4, -0.2) is 49.7 Å². The first-order chi connectivity index (χ1) is 12.0. The molecule has 0 bridgehead atoms. The summed E-state index contributed by atoms with van der Waals surface area (Å²) in [6, 6.07) is 5.56. The van der Waals surface area contributed by atoms with E-state index in [1.807, 2.05) is 17.0 Å². The zero-order chi connectivity index (χ0) is 17.9. The van der Waals surface area contributed by atoms with Crippen LogP contribution in [0.25, 0.3) is 0 Å². The number of sulfonamides is 1. The van der Waals surface area contributed by atoms with Crippen molar-refractivity contribution < 1.29 is 13.2 Å². The lowest BCUT2D eigenvalue weighted by molar-refractivity contribution is -0.131. The Labute approximate surface area is 151 Å². The molecule has 25 heavy (non-hydrogen) atoms.